The molecule has 1 unspecified atom stereocenters. The monoisotopic (exact) mass is 207 g/mol. The zero-order valence-electron chi connectivity index (χ0n) is 9.07. The van der Waals surface area contributed by atoms with Crippen molar-refractivity contribution in [2.45, 2.75) is 38.6 Å². The van der Waals surface area contributed by atoms with E-state index in [0.29, 0.717) is 12.5 Å². The predicted octanol–water partition coefficient (Wildman–Crippen LogP) is 1.35. The first-order chi connectivity index (χ1) is 7.31. The molecular formula is C11H17N3O. The number of carbonyl (C=O) groups is 1. The quantitative estimate of drug-likeness (QED) is 0.810. The second-order valence-electron chi connectivity index (χ2n) is 4.01. The molecule has 1 aliphatic heterocycles. The molecule has 1 fully saturated rings. The lowest BCUT2D eigenvalue weighted by molar-refractivity contribution is -0.138. The Morgan fingerprint density at radius 2 is 2.60 bits per heavy atom. The highest BCUT2D eigenvalue weighted by Crippen LogP contribution is 2.21. The summed E-state index contributed by atoms with van der Waals surface area (Å²) in [6.45, 7) is 3.08. The van der Waals surface area contributed by atoms with Gasteiger partial charge in [0.15, 0.2) is 0 Å². The normalized spacial score (nSPS) is 20.1. The highest BCUT2D eigenvalue weighted by molar-refractivity contribution is 5.77. The molecule has 0 aromatic carbocycles. The minimum atomic E-state index is 0.280. The summed E-state index contributed by atoms with van der Waals surface area (Å²) >= 11 is 0. The fourth-order valence-electron chi connectivity index (χ4n) is 2.00. The van der Waals surface area contributed by atoms with Gasteiger partial charge in [-0.15, -0.1) is 0 Å². The van der Waals surface area contributed by atoms with Crippen molar-refractivity contribution in [3.8, 4) is 0 Å². The Kier molecular flexibility index (Phi) is 3.04. The second kappa shape index (κ2) is 4.47. The van der Waals surface area contributed by atoms with Gasteiger partial charge in [0.1, 0.15) is 0 Å². The van der Waals surface area contributed by atoms with Gasteiger partial charge >= 0.3 is 0 Å². The van der Waals surface area contributed by atoms with Crippen LogP contribution in [0.1, 0.15) is 31.9 Å². The molecular weight excluding hydrogens is 190 g/mol. The van der Waals surface area contributed by atoms with Gasteiger partial charge in [-0.05, 0) is 19.3 Å². The molecule has 1 aliphatic rings. The molecule has 15 heavy (non-hydrogen) atoms. The van der Waals surface area contributed by atoms with Crippen LogP contribution in [0.3, 0.4) is 0 Å². The molecule has 1 amide bonds. The molecule has 4 nitrogen and oxygen atoms in total. The molecule has 0 radical (unpaired) electrons. The molecule has 1 saturated heterocycles. The summed E-state index contributed by atoms with van der Waals surface area (Å²) in [5.74, 6) is 0.280. The smallest absolute Gasteiger partial charge is 0.223 e. The fourth-order valence-corrected chi connectivity index (χ4v) is 2.00. The number of hydrogen-bond acceptors (Lipinski definition) is 2. The number of likely N-dealkylation sites (tertiary alicyclic amines) is 1. The van der Waals surface area contributed by atoms with Crippen LogP contribution in [-0.2, 0) is 11.2 Å². The van der Waals surface area contributed by atoms with E-state index >= 15 is 0 Å². The number of rotatable bonds is 4. The van der Waals surface area contributed by atoms with E-state index in [4.69, 9.17) is 0 Å². The Morgan fingerprint density at radius 3 is 3.13 bits per heavy atom. The molecule has 1 atom stereocenters. The Hall–Kier alpha value is -1.32. The third kappa shape index (κ3) is 2.19. The molecule has 1 aromatic heterocycles. The van der Waals surface area contributed by atoms with Gasteiger partial charge in [-0.2, -0.15) is 0 Å². The zero-order valence-corrected chi connectivity index (χ0v) is 9.07. The van der Waals surface area contributed by atoms with Crippen LogP contribution < -0.4 is 0 Å². The topological polar surface area (TPSA) is 49.0 Å². The van der Waals surface area contributed by atoms with E-state index in [0.717, 1.165) is 25.1 Å². The molecule has 2 rings (SSSR count). The fraction of sp³-hybridized carbons (Fsp3) is 0.636. The summed E-state index contributed by atoms with van der Waals surface area (Å²) < 4.78 is 0. The summed E-state index contributed by atoms with van der Waals surface area (Å²) in [6, 6.07) is 0.499. The standard InChI is InChI=1S/C11H17N3O/c1-2-10-5-6-14(10)11(15)4-3-9-7-12-8-13-9/h7-8,10H,2-6H2,1H3,(H,12,13). The minimum Gasteiger partial charge on any atom is -0.348 e. The van der Waals surface area contributed by atoms with Crippen LogP contribution in [-0.4, -0.2) is 33.4 Å². The molecule has 4 heteroatoms. The van der Waals surface area contributed by atoms with Gasteiger partial charge in [0.25, 0.3) is 0 Å². The van der Waals surface area contributed by atoms with Crippen molar-refractivity contribution in [3.05, 3.63) is 18.2 Å². The number of H-pyrrole nitrogens is 1. The number of nitrogens with zero attached hydrogens (tertiary/aromatic N) is 2. The maximum Gasteiger partial charge on any atom is 0.223 e. The number of aromatic amines is 1. The number of carbonyl (C=O) groups excluding carboxylic acids is 1. The van der Waals surface area contributed by atoms with Crippen LogP contribution in [0.25, 0.3) is 0 Å². The number of aromatic nitrogens is 2. The Morgan fingerprint density at radius 1 is 1.73 bits per heavy atom. The van der Waals surface area contributed by atoms with Crippen LogP contribution in [0.4, 0.5) is 0 Å². The van der Waals surface area contributed by atoms with Gasteiger partial charge in [-0.25, -0.2) is 4.98 Å². The molecule has 82 valence electrons. The summed E-state index contributed by atoms with van der Waals surface area (Å²) in [4.78, 5) is 20.7. The number of imidazole rings is 1. The molecule has 2 heterocycles. The number of aryl methyl sites for hydroxylation is 1. The predicted molar refractivity (Wildman–Crippen MR) is 57.3 cm³/mol. The number of nitrogens with one attached hydrogen (secondary N) is 1. The first-order valence-electron chi connectivity index (χ1n) is 5.58. The SMILES string of the molecule is CCC1CCN1C(=O)CCc1cnc[nH]1. The lowest BCUT2D eigenvalue weighted by Crippen LogP contribution is -2.50. The van der Waals surface area contributed by atoms with E-state index in [1.54, 1.807) is 12.5 Å². The minimum absolute atomic E-state index is 0.280. The maximum atomic E-state index is 11.8. The van der Waals surface area contributed by atoms with E-state index in [1.807, 2.05) is 4.90 Å². The van der Waals surface area contributed by atoms with Gasteiger partial charge < -0.3 is 9.88 Å². The van der Waals surface area contributed by atoms with Crippen molar-refractivity contribution in [2.75, 3.05) is 6.54 Å². The van der Waals surface area contributed by atoms with Gasteiger partial charge in [0.05, 0.1) is 6.33 Å². The van der Waals surface area contributed by atoms with Crippen molar-refractivity contribution in [3.63, 3.8) is 0 Å². The third-order valence-corrected chi connectivity index (χ3v) is 3.10. The lowest BCUT2D eigenvalue weighted by atomic mass is 9.99. The van der Waals surface area contributed by atoms with Gasteiger partial charge in [0, 0.05) is 30.9 Å². The molecule has 1 aromatic rings. The average molecular weight is 207 g/mol. The molecule has 0 aliphatic carbocycles. The van der Waals surface area contributed by atoms with Crippen LogP contribution >= 0.6 is 0 Å². The Bertz CT molecular complexity index is 319. The van der Waals surface area contributed by atoms with Crippen molar-refractivity contribution in [2.24, 2.45) is 0 Å². The molecule has 0 bridgehead atoms. The van der Waals surface area contributed by atoms with Crippen LogP contribution in [0.2, 0.25) is 0 Å². The Labute approximate surface area is 89.7 Å². The number of amides is 1. The van der Waals surface area contributed by atoms with Crippen LogP contribution in [0.5, 0.6) is 0 Å². The van der Waals surface area contributed by atoms with E-state index in [1.165, 1.54) is 6.42 Å². The van der Waals surface area contributed by atoms with Crippen molar-refractivity contribution in [1.82, 2.24) is 14.9 Å². The van der Waals surface area contributed by atoms with E-state index in [-0.39, 0.29) is 5.91 Å². The summed E-state index contributed by atoms with van der Waals surface area (Å²) in [6.07, 6.45) is 7.05. The summed E-state index contributed by atoms with van der Waals surface area (Å²) in [5.41, 5.74) is 1.04. The van der Waals surface area contributed by atoms with Gasteiger partial charge in [-0.1, -0.05) is 6.92 Å². The third-order valence-electron chi connectivity index (χ3n) is 3.10. The second-order valence-corrected chi connectivity index (χ2v) is 4.01. The largest absolute Gasteiger partial charge is 0.348 e. The van der Waals surface area contributed by atoms with Crippen molar-refractivity contribution in [1.29, 1.82) is 0 Å². The number of hydrogen-bond donors (Lipinski definition) is 1. The summed E-state index contributed by atoms with van der Waals surface area (Å²) in [5, 5.41) is 0. The van der Waals surface area contributed by atoms with Crippen molar-refractivity contribution >= 4 is 5.91 Å². The molecule has 0 saturated carbocycles. The van der Waals surface area contributed by atoms with Gasteiger partial charge in [-0.3, -0.25) is 4.79 Å². The maximum absolute atomic E-state index is 11.8. The average Bonchev–Trinajstić information content (AvgIpc) is 2.66. The van der Waals surface area contributed by atoms with Crippen molar-refractivity contribution < 1.29 is 4.79 Å². The summed E-state index contributed by atoms with van der Waals surface area (Å²) in [7, 11) is 0. The first kappa shape index (κ1) is 10.2. The van der Waals surface area contributed by atoms with E-state index in [2.05, 4.69) is 16.9 Å². The molecule has 1 N–H and O–H groups in total. The van der Waals surface area contributed by atoms with Gasteiger partial charge in [0.2, 0.25) is 5.91 Å². The highest BCUT2D eigenvalue weighted by Gasteiger charge is 2.29. The molecule has 0 spiro atoms. The first-order valence-corrected chi connectivity index (χ1v) is 5.58. The zero-order chi connectivity index (χ0) is 10.7. The van der Waals surface area contributed by atoms with Crippen LogP contribution in [0, 0.1) is 0 Å². The highest BCUT2D eigenvalue weighted by atomic mass is 16.2. The Balaban J connectivity index is 1.78. The van der Waals surface area contributed by atoms with E-state index < -0.39 is 0 Å². The lowest BCUT2D eigenvalue weighted by Gasteiger charge is -2.40. The van der Waals surface area contributed by atoms with E-state index in [9.17, 15) is 4.79 Å². The van der Waals surface area contributed by atoms with Crippen LogP contribution in [0.15, 0.2) is 12.5 Å².